The smallest absolute Gasteiger partial charge is 0.306 e. The fraction of sp³-hybridized carbons (Fsp3) is 0.357. The fourth-order valence-corrected chi connectivity index (χ4v) is 1.81. The van der Waals surface area contributed by atoms with Gasteiger partial charge in [0.25, 0.3) is 0 Å². The van der Waals surface area contributed by atoms with Crippen LogP contribution >= 0.6 is 0 Å². The van der Waals surface area contributed by atoms with Gasteiger partial charge in [-0.15, -0.1) is 0 Å². The van der Waals surface area contributed by atoms with Crippen LogP contribution in [-0.2, 0) is 6.54 Å². The third kappa shape index (κ3) is 4.03. The van der Waals surface area contributed by atoms with Crippen LogP contribution in [0.2, 0.25) is 0 Å². The third-order valence-electron chi connectivity index (χ3n) is 3.15. The average Bonchev–Trinajstić information content (AvgIpc) is 2.89. The zero-order valence-corrected chi connectivity index (χ0v) is 11.9. The Bertz CT molecular complexity index is 639. The first-order valence-corrected chi connectivity index (χ1v) is 6.50. The molecule has 1 aromatic carbocycles. The lowest BCUT2D eigenvalue weighted by Gasteiger charge is -2.13. The van der Waals surface area contributed by atoms with Crippen LogP contribution in [0.3, 0.4) is 0 Å². The van der Waals surface area contributed by atoms with Crippen LogP contribution in [0.1, 0.15) is 11.1 Å². The van der Waals surface area contributed by atoms with E-state index < -0.39 is 11.0 Å². The van der Waals surface area contributed by atoms with Crippen molar-refractivity contribution in [2.24, 2.45) is 0 Å². The van der Waals surface area contributed by atoms with E-state index in [-0.39, 0.29) is 18.8 Å². The van der Waals surface area contributed by atoms with Crippen LogP contribution in [0.4, 0.5) is 5.69 Å². The molecule has 0 bridgehead atoms. The van der Waals surface area contributed by atoms with Gasteiger partial charge in [0.1, 0.15) is 30.9 Å². The zero-order valence-electron chi connectivity index (χ0n) is 11.9. The molecule has 2 rings (SSSR count). The lowest BCUT2D eigenvalue weighted by Crippen LogP contribution is -2.23. The highest BCUT2D eigenvalue weighted by atomic mass is 16.6. The van der Waals surface area contributed by atoms with Gasteiger partial charge >= 0.3 is 5.69 Å². The van der Waals surface area contributed by atoms with Gasteiger partial charge in [0, 0.05) is 0 Å². The molecule has 1 aromatic heterocycles. The van der Waals surface area contributed by atoms with E-state index in [0.717, 1.165) is 11.8 Å². The molecule has 112 valence electrons. The number of hydrogen-bond donors (Lipinski definition) is 1. The van der Waals surface area contributed by atoms with Crippen molar-refractivity contribution in [3.63, 3.8) is 0 Å². The number of aromatic nitrogens is 2. The Labute approximate surface area is 121 Å². The van der Waals surface area contributed by atoms with Crippen molar-refractivity contribution in [3.8, 4) is 5.75 Å². The van der Waals surface area contributed by atoms with Crippen molar-refractivity contribution in [1.82, 2.24) is 9.78 Å². The molecule has 1 N–H and O–H groups in total. The molecule has 2 aromatic rings. The second kappa shape index (κ2) is 6.36. The summed E-state index contributed by atoms with van der Waals surface area (Å²) < 4.78 is 6.83. The molecule has 0 radical (unpaired) electrons. The number of hydrogen-bond acceptors (Lipinski definition) is 5. The van der Waals surface area contributed by atoms with Crippen molar-refractivity contribution in [3.05, 3.63) is 51.8 Å². The van der Waals surface area contributed by atoms with Gasteiger partial charge in [-0.05, 0) is 37.1 Å². The molecule has 7 heteroatoms. The lowest BCUT2D eigenvalue weighted by molar-refractivity contribution is -0.385. The summed E-state index contributed by atoms with van der Waals surface area (Å²) in [6, 6.07) is 5.70. The Morgan fingerprint density at radius 1 is 1.43 bits per heavy atom. The largest absolute Gasteiger partial charge is 0.491 e. The Hall–Kier alpha value is -2.41. The summed E-state index contributed by atoms with van der Waals surface area (Å²) in [6.45, 7) is 4.23. The lowest BCUT2D eigenvalue weighted by atomic mass is 10.1. The quantitative estimate of drug-likeness (QED) is 0.648. The minimum absolute atomic E-state index is 0.0934. The molecule has 1 heterocycles. The van der Waals surface area contributed by atoms with Gasteiger partial charge < -0.3 is 9.84 Å². The van der Waals surface area contributed by atoms with E-state index in [2.05, 4.69) is 5.10 Å². The van der Waals surface area contributed by atoms with Crippen molar-refractivity contribution in [2.75, 3.05) is 6.61 Å². The average molecular weight is 291 g/mol. The third-order valence-corrected chi connectivity index (χ3v) is 3.15. The van der Waals surface area contributed by atoms with E-state index in [9.17, 15) is 15.2 Å². The molecule has 0 aliphatic heterocycles. The monoisotopic (exact) mass is 291 g/mol. The summed E-state index contributed by atoms with van der Waals surface area (Å²) in [4.78, 5) is 10.0. The van der Waals surface area contributed by atoms with E-state index >= 15 is 0 Å². The van der Waals surface area contributed by atoms with Crippen LogP contribution in [0.25, 0.3) is 0 Å². The van der Waals surface area contributed by atoms with Gasteiger partial charge in [0.15, 0.2) is 0 Å². The maximum absolute atomic E-state index is 10.5. The number of benzene rings is 1. The van der Waals surface area contributed by atoms with Gasteiger partial charge in [0.2, 0.25) is 0 Å². The Balaban J connectivity index is 1.87. The number of ether oxygens (including phenoxy) is 1. The van der Waals surface area contributed by atoms with Gasteiger partial charge in [-0.2, -0.15) is 5.10 Å². The topological polar surface area (TPSA) is 90.4 Å². The van der Waals surface area contributed by atoms with Crippen molar-refractivity contribution >= 4 is 5.69 Å². The van der Waals surface area contributed by atoms with Gasteiger partial charge in [0.05, 0.1) is 11.5 Å². The molecule has 0 amide bonds. The highest BCUT2D eigenvalue weighted by Gasteiger charge is 2.12. The summed E-state index contributed by atoms with van der Waals surface area (Å²) in [5.41, 5.74) is 2.19. The zero-order chi connectivity index (χ0) is 15.4. The standard InChI is InChI=1S/C14H17N3O4/c1-10-3-4-14(5-11(10)2)21-9-13(18)8-16-7-12(6-15-16)17(19)20/h3-7,13,18H,8-9H2,1-2H3. The highest BCUT2D eigenvalue weighted by molar-refractivity contribution is 5.33. The first kappa shape index (κ1) is 15.0. The normalized spacial score (nSPS) is 12.1. The van der Waals surface area contributed by atoms with Crippen LogP contribution in [0, 0.1) is 24.0 Å². The van der Waals surface area contributed by atoms with Gasteiger partial charge in [-0.3, -0.25) is 14.8 Å². The molecule has 0 fully saturated rings. The number of rotatable bonds is 6. The molecule has 0 saturated heterocycles. The number of aryl methyl sites for hydroxylation is 2. The van der Waals surface area contributed by atoms with E-state index in [4.69, 9.17) is 4.74 Å². The molecule has 0 spiro atoms. The number of nitro groups is 1. The van der Waals surface area contributed by atoms with Gasteiger partial charge in [-0.1, -0.05) is 6.07 Å². The number of nitrogens with zero attached hydrogens (tertiary/aromatic N) is 3. The first-order chi connectivity index (χ1) is 9.95. The molecule has 21 heavy (non-hydrogen) atoms. The van der Waals surface area contributed by atoms with Crippen LogP contribution in [0.5, 0.6) is 5.75 Å². The SMILES string of the molecule is Cc1ccc(OCC(O)Cn2cc([N+](=O)[O-])cn2)cc1C. The molecule has 0 aliphatic carbocycles. The molecular formula is C14H17N3O4. The predicted octanol–water partition coefficient (Wildman–Crippen LogP) is 1.85. The van der Waals surface area contributed by atoms with Crippen LogP contribution in [0.15, 0.2) is 30.6 Å². The first-order valence-electron chi connectivity index (χ1n) is 6.50. The highest BCUT2D eigenvalue weighted by Crippen LogP contribution is 2.16. The van der Waals surface area contributed by atoms with Crippen LogP contribution < -0.4 is 4.74 Å². The summed E-state index contributed by atoms with van der Waals surface area (Å²) in [5, 5.41) is 24.2. The Morgan fingerprint density at radius 3 is 2.81 bits per heavy atom. The Kier molecular flexibility index (Phi) is 4.54. The molecule has 1 unspecified atom stereocenters. The van der Waals surface area contributed by atoms with E-state index in [1.807, 2.05) is 32.0 Å². The molecular weight excluding hydrogens is 274 g/mol. The maximum Gasteiger partial charge on any atom is 0.306 e. The summed E-state index contributed by atoms with van der Waals surface area (Å²) in [5.74, 6) is 0.684. The maximum atomic E-state index is 10.5. The summed E-state index contributed by atoms with van der Waals surface area (Å²) in [6.07, 6.45) is 1.63. The van der Waals surface area contributed by atoms with Crippen LogP contribution in [-0.4, -0.2) is 32.5 Å². The van der Waals surface area contributed by atoms with E-state index in [1.54, 1.807) is 0 Å². The van der Waals surface area contributed by atoms with E-state index in [1.165, 1.54) is 16.4 Å². The van der Waals surface area contributed by atoms with E-state index in [0.29, 0.717) is 5.75 Å². The summed E-state index contributed by atoms with van der Waals surface area (Å²) >= 11 is 0. The number of aliphatic hydroxyl groups excluding tert-OH is 1. The Morgan fingerprint density at radius 2 is 2.19 bits per heavy atom. The fourth-order valence-electron chi connectivity index (χ4n) is 1.81. The van der Waals surface area contributed by atoms with Crippen molar-refractivity contribution in [2.45, 2.75) is 26.5 Å². The molecule has 1 atom stereocenters. The minimum atomic E-state index is -0.800. The summed E-state index contributed by atoms with van der Waals surface area (Å²) in [7, 11) is 0. The second-order valence-corrected chi connectivity index (χ2v) is 4.89. The second-order valence-electron chi connectivity index (χ2n) is 4.89. The number of aliphatic hydroxyl groups is 1. The molecule has 0 saturated carbocycles. The molecule has 7 nitrogen and oxygen atoms in total. The van der Waals surface area contributed by atoms with Gasteiger partial charge in [-0.25, -0.2) is 0 Å². The molecule has 0 aliphatic rings. The van der Waals surface area contributed by atoms with Crippen molar-refractivity contribution < 1.29 is 14.8 Å². The minimum Gasteiger partial charge on any atom is -0.491 e. The van der Waals surface area contributed by atoms with Crippen molar-refractivity contribution in [1.29, 1.82) is 0 Å². The predicted molar refractivity (Wildman–Crippen MR) is 76.3 cm³/mol.